The van der Waals surface area contributed by atoms with Gasteiger partial charge in [0.25, 0.3) is 0 Å². The predicted octanol–water partition coefficient (Wildman–Crippen LogP) is 4.88. The van der Waals surface area contributed by atoms with Crippen LogP contribution < -0.4 is 9.64 Å². The molecule has 1 aromatic carbocycles. The Labute approximate surface area is 178 Å². The minimum Gasteiger partial charge on any atom is -0.489 e. The van der Waals surface area contributed by atoms with Gasteiger partial charge in [-0.05, 0) is 43.6 Å². The van der Waals surface area contributed by atoms with Crippen LogP contribution in [-0.4, -0.2) is 47.3 Å². The summed E-state index contributed by atoms with van der Waals surface area (Å²) in [6.07, 6.45) is 5.93. The van der Waals surface area contributed by atoms with E-state index in [1.54, 1.807) is 0 Å². The van der Waals surface area contributed by atoms with Crippen LogP contribution in [0, 0.1) is 0 Å². The van der Waals surface area contributed by atoms with Crippen LogP contribution in [0.1, 0.15) is 63.3 Å². The largest absolute Gasteiger partial charge is 0.489 e. The molecule has 0 bridgehead atoms. The summed E-state index contributed by atoms with van der Waals surface area (Å²) in [5.74, 6) is 1.82. The summed E-state index contributed by atoms with van der Waals surface area (Å²) in [5.41, 5.74) is 1.26. The number of piperidine rings is 2. The van der Waals surface area contributed by atoms with Gasteiger partial charge in [0.15, 0.2) is 5.82 Å². The normalized spacial score (nSPS) is 19.1. The van der Waals surface area contributed by atoms with Crippen molar-refractivity contribution >= 4 is 17.6 Å². The van der Waals surface area contributed by atoms with Gasteiger partial charge in [0.05, 0.1) is 5.02 Å². The lowest BCUT2D eigenvalue weighted by Gasteiger charge is -2.31. The van der Waals surface area contributed by atoms with E-state index >= 15 is 0 Å². The molecule has 0 radical (unpaired) electrons. The minimum absolute atomic E-state index is 0.157. The number of anilines is 1. The van der Waals surface area contributed by atoms with Gasteiger partial charge in [-0.25, -0.2) is 0 Å². The summed E-state index contributed by atoms with van der Waals surface area (Å²) in [6, 6.07) is 6.86. The van der Waals surface area contributed by atoms with Crippen LogP contribution in [-0.2, 0) is 6.54 Å². The van der Waals surface area contributed by atoms with E-state index in [1.165, 1.54) is 37.9 Å². The molecule has 4 rings (SSSR count). The molecule has 2 aliphatic heterocycles. The van der Waals surface area contributed by atoms with Crippen LogP contribution in [0.25, 0.3) is 0 Å². The van der Waals surface area contributed by atoms with Crippen LogP contribution >= 0.6 is 11.6 Å². The monoisotopic (exact) mass is 418 g/mol. The predicted molar refractivity (Wildman–Crippen MR) is 115 cm³/mol. The molecule has 29 heavy (non-hydrogen) atoms. The van der Waals surface area contributed by atoms with Gasteiger partial charge in [-0.1, -0.05) is 43.1 Å². The smallest absolute Gasteiger partial charge is 0.324 e. The van der Waals surface area contributed by atoms with Crippen molar-refractivity contribution in [3.05, 3.63) is 34.6 Å². The van der Waals surface area contributed by atoms with E-state index in [2.05, 4.69) is 45.9 Å². The molecule has 0 unspecified atom stereocenters. The lowest BCUT2D eigenvalue weighted by atomic mass is 10.1. The quantitative estimate of drug-likeness (QED) is 0.666. The third-order valence-corrected chi connectivity index (χ3v) is 6.10. The fourth-order valence-corrected chi connectivity index (χ4v) is 4.30. The number of hydrogen-bond acceptors (Lipinski definition) is 6. The number of halogens is 1. The molecule has 0 atom stereocenters. The minimum atomic E-state index is 0.157. The van der Waals surface area contributed by atoms with E-state index in [-0.39, 0.29) is 12.0 Å². The van der Waals surface area contributed by atoms with Gasteiger partial charge in [-0.3, -0.25) is 4.90 Å². The van der Waals surface area contributed by atoms with Gasteiger partial charge in [0.2, 0.25) is 0 Å². The first kappa shape index (κ1) is 20.5. The zero-order valence-electron chi connectivity index (χ0n) is 17.4. The summed E-state index contributed by atoms with van der Waals surface area (Å²) >= 11 is 6.54. The first-order chi connectivity index (χ1) is 14.1. The Morgan fingerprint density at radius 2 is 1.90 bits per heavy atom. The van der Waals surface area contributed by atoms with E-state index in [0.29, 0.717) is 11.0 Å². The molecule has 2 aliphatic rings. The van der Waals surface area contributed by atoms with E-state index < -0.39 is 0 Å². The highest BCUT2D eigenvalue weighted by atomic mass is 35.5. The SMILES string of the molecule is CC(C)c1noc(N2CCC(Oc3ccc(CN4CCCCC4)cc3Cl)CC2)n1. The summed E-state index contributed by atoms with van der Waals surface area (Å²) in [6.45, 7) is 9.16. The van der Waals surface area contributed by atoms with Gasteiger partial charge in [-0.2, -0.15) is 4.98 Å². The first-order valence-electron chi connectivity index (χ1n) is 10.8. The maximum Gasteiger partial charge on any atom is 0.324 e. The molecular formula is C22H31ClN4O2. The Morgan fingerprint density at radius 3 is 2.55 bits per heavy atom. The van der Waals surface area contributed by atoms with Crippen LogP contribution in [0.15, 0.2) is 22.7 Å². The first-order valence-corrected chi connectivity index (χ1v) is 11.2. The van der Waals surface area contributed by atoms with Crippen molar-refractivity contribution in [3.8, 4) is 5.75 Å². The van der Waals surface area contributed by atoms with Gasteiger partial charge in [0.1, 0.15) is 11.9 Å². The number of likely N-dealkylation sites (tertiary alicyclic amines) is 1. The zero-order valence-corrected chi connectivity index (χ0v) is 18.2. The second-order valence-corrected chi connectivity index (χ2v) is 8.90. The number of hydrogen-bond donors (Lipinski definition) is 0. The Kier molecular flexibility index (Phi) is 6.60. The zero-order chi connectivity index (χ0) is 20.2. The molecule has 2 aromatic rings. The second kappa shape index (κ2) is 9.35. The van der Waals surface area contributed by atoms with Crippen molar-refractivity contribution in [1.82, 2.24) is 15.0 Å². The molecule has 0 saturated carbocycles. The molecule has 0 amide bonds. The Bertz CT molecular complexity index is 796. The van der Waals surface area contributed by atoms with Gasteiger partial charge < -0.3 is 14.2 Å². The van der Waals surface area contributed by atoms with Gasteiger partial charge >= 0.3 is 6.01 Å². The number of aromatic nitrogens is 2. The summed E-state index contributed by atoms with van der Waals surface area (Å²) < 4.78 is 11.6. The third-order valence-electron chi connectivity index (χ3n) is 5.80. The maximum atomic E-state index is 6.54. The van der Waals surface area contributed by atoms with Crippen molar-refractivity contribution in [3.63, 3.8) is 0 Å². The molecule has 0 N–H and O–H groups in total. The Balaban J connectivity index is 1.29. The highest BCUT2D eigenvalue weighted by Gasteiger charge is 2.25. The molecule has 7 heteroatoms. The number of nitrogens with zero attached hydrogens (tertiary/aromatic N) is 4. The Morgan fingerprint density at radius 1 is 1.14 bits per heavy atom. The fourth-order valence-electron chi connectivity index (χ4n) is 4.05. The van der Waals surface area contributed by atoms with Gasteiger partial charge in [-0.15, -0.1) is 0 Å². The van der Waals surface area contributed by atoms with Crippen molar-refractivity contribution in [2.24, 2.45) is 0 Å². The highest BCUT2D eigenvalue weighted by Crippen LogP contribution is 2.30. The van der Waals surface area contributed by atoms with Crippen molar-refractivity contribution in [2.75, 3.05) is 31.1 Å². The molecular weight excluding hydrogens is 388 g/mol. The van der Waals surface area contributed by atoms with Crippen LogP contribution in [0.5, 0.6) is 5.75 Å². The molecule has 158 valence electrons. The number of ether oxygens (including phenoxy) is 1. The topological polar surface area (TPSA) is 54.6 Å². The maximum absolute atomic E-state index is 6.54. The molecule has 6 nitrogen and oxygen atoms in total. The van der Waals surface area contributed by atoms with E-state index in [0.717, 1.165) is 44.0 Å². The van der Waals surface area contributed by atoms with Crippen LogP contribution in [0.3, 0.4) is 0 Å². The summed E-state index contributed by atoms with van der Waals surface area (Å²) in [4.78, 5) is 9.14. The average molecular weight is 419 g/mol. The van der Waals surface area contributed by atoms with Crippen molar-refractivity contribution < 1.29 is 9.26 Å². The molecule has 0 spiro atoms. The molecule has 0 aliphatic carbocycles. The van der Waals surface area contributed by atoms with Crippen molar-refractivity contribution in [2.45, 2.75) is 64.5 Å². The Hall–Kier alpha value is -1.79. The lowest BCUT2D eigenvalue weighted by Crippen LogP contribution is -2.38. The molecule has 2 fully saturated rings. The summed E-state index contributed by atoms with van der Waals surface area (Å²) in [5, 5.41) is 4.77. The highest BCUT2D eigenvalue weighted by molar-refractivity contribution is 6.32. The standard InChI is InChI=1S/C22H31ClN4O2/c1-16(2)21-24-22(29-25-21)27-12-8-18(9-13-27)28-20-7-6-17(14-19(20)23)15-26-10-4-3-5-11-26/h6-7,14,16,18H,3-5,8-13,15H2,1-2H3. The fraction of sp³-hybridized carbons (Fsp3) is 0.636. The van der Waals surface area contributed by atoms with E-state index in [1.807, 2.05) is 6.07 Å². The van der Waals surface area contributed by atoms with E-state index in [4.69, 9.17) is 20.9 Å². The third kappa shape index (κ3) is 5.23. The molecule has 3 heterocycles. The lowest BCUT2D eigenvalue weighted by molar-refractivity contribution is 0.168. The van der Waals surface area contributed by atoms with Crippen LogP contribution in [0.2, 0.25) is 5.02 Å². The van der Waals surface area contributed by atoms with Crippen molar-refractivity contribution in [1.29, 1.82) is 0 Å². The van der Waals surface area contributed by atoms with Gasteiger partial charge in [0, 0.05) is 38.4 Å². The average Bonchev–Trinajstić information content (AvgIpc) is 3.22. The summed E-state index contributed by atoms with van der Waals surface area (Å²) in [7, 11) is 0. The van der Waals surface area contributed by atoms with E-state index in [9.17, 15) is 0 Å². The van der Waals surface area contributed by atoms with Crippen LogP contribution in [0.4, 0.5) is 6.01 Å². The molecule has 1 aromatic heterocycles. The second-order valence-electron chi connectivity index (χ2n) is 8.50. The number of benzene rings is 1. The molecule has 2 saturated heterocycles. The number of rotatable bonds is 6.